The fourth-order valence-corrected chi connectivity index (χ4v) is 3.26. The normalized spacial score (nSPS) is 16.0. The van der Waals surface area contributed by atoms with Crippen LogP contribution in [0.15, 0.2) is 23.0 Å². The third kappa shape index (κ3) is 4.29. The average Bonchev–Trinajstić information content (AvgIpc) is 2.98. The molecule has 0 aliphatic carbocycles. The summed E-state index contributed by atoms with van der Waals surface area (Å²) in [5.41, 5.74) is 1.50. The molecule has 3 rings (SSSR count). The molecule has 136 valence electrons. The van der Waals surface area contributed by atoms with Crippen LogP contribution < -0.4 is 5.69 Å². The van der Waals surface area contributed by atoms with Crippen molar-refractivity contribution in [1.82, 2.24) is 19.8 Å². The number of amides is 1. The molecule has 0 saturated carbocycles. The molecule has 2 N–H and O–H groups in total. The number of benzene rings is 1. The lowest BCUT2D eigenvalue weighted by atomic mass is 10.1. The van der Waals surface area contributed by atoms with Gasteiger partial charge in [0.2, 0.25) is 0 Å². The zero-order valence-electron chi connectivity index (χ0n) is 14.9. The average molecular weight is 346 g/mol. The van der Waals surface area contributed by atoms with Crippen LogP contribution in [0.4, 0.5) is 0 Å². The van der Waals surface area contributed by atoms with Crippen LogP contribution in [-0.4, -0.2) is 72.1 Å². The number of hydrogen-bond acceptors (Lipinski definition) is 4. The summed E-state index contributed by atoms with van der Waals surface area (Å²) in [7, 11) is 4.12. The highest BCUT2D eigenvalue weighted by molar-refractivity contribution is 6.04. The first-order chi connectivity index (χ1) is 12.0. The Morgan fingerprint density at radius 2 is 2.04 bits per heavy atom. The SMILES string of the molecule is CN(C)CCCOC1CCN(C(=O)c2cccc3[nH]c(=O)[nH]c23)CC1. The van der Waals surface area contributed by atoms with Crippen molar-refractivity contribution in [1.29, 1.82) is 0 Å². The van der Waals surface area contributed by atoms with E-state index in [1.165, 1.54) is 0 Å². The monoisotopic (exact) mass is 346 g/mol. The summed E-state index contributed by atoms with van der Waals surface area (Å²) in [6, 6.07) is 5.34. The molecule has 2 heterocycles. The second-order valence-corrected chi connectivity index (χ2v) is 6.83. The van der Waals surface area contributed by atoms with Gasteiger partial charge in [0.1, 0.15) is 0 Å². The number of carbonyl (C=O) groups is 1. The molecule has 0 atom stereocenters. The van der Waals surface area contributed by atoms with E-state index in [0.717, 1.165) is 32.4 Å². The summed E-state index contributed by atoms with van der Waals surface area (Å²) in [5, 5.41) is 0. The molecule has 7 nitrogen and oxygen atoms in total. The molecule has 1 aliphatic rings. The Kier molecular flexibility index (Phi) is 5.55. The molecule has 0 unspecified atom stereocenters. The summed E-state index contributed by atoms with van der Waals surface area (Å²) in [6.45, 7) is 3.15. The number of aromatic nitrogens is 2. The summed E-state index contributed by atoms with van der Waals surface area (Å²) in [6.07, 6.45) is 2.96. The van der Waals surface area contributed by atoms with Gasteiger partial charge in [-0.25, -0.2) is 4.79 Å². The molecule has 1 fully saturated rings. The zero-order chi connectivity index (χ0) is 17.8. The largest absolute Gasteiger partial charge is 0.378 e. The number of rotatable bonds is 6. The number of ether oxygens (including phenoxy) is 1. The number of nitrogens with zero attached hydrogens (tertiary/aromatic N) is 2. The fourth-order valence-electron chi connectivity index (χ4n) is 3.26. The Morgan fingerprint density at radius 3 is 2.76 bits per heavy atom. The van der Waals surface area contributed by atoms with Gasteiger partial charge in [0.05, 0.1) is 22.7 Å². The molecule has 1 saturated heterocycles. The van der Waals surface area contributed by atoms with Crippen LogP contribution in [0.2, 0.25) is 0 Å². The van der Waals surface area contributed by atoms with Crippen LogP contribution >= 0.6 is 0 Å². The lowest BCUT2D eigenvalue weighted by molar-refractivity contribution is 0.00638. The maximum Gasteiger partial charge on any atom is 0.323 e. The maximum absolute atomic E-state index is 12.8. The molecule has 1 aliphatic heterocycles. The number of aromatic amines is 2. The zero-order valence-corrected chi connectivity index (χ0v) is 14.9. The summed E-state index contributed by atoms with van der Waals surface area (Å²) in [5.74, 6) is -0.0353. The molecule has 0 bridgehead atoms. The van der Waals surface area contributed by atoms with Crippen molar-refractivity contribution in [3.05, 3.63) is 34.2 Å². The third-order valence-electron chi connectivity index (χ3n) is 4.61. The summed E-state index contributed by atoms with van der Waals surface area (Å²) >= 11 is 0. The van der Waals surface area contributed by atoms with E-state index >= 15 is 0 Å². The van der Waals surface area contributed by atoms with Gasteiger partial charge >= 0.3 is 5.69 Å². The minimum Gasteiger partial charge on any atom is -0.378 e. The number of fused-ring (bicyclic) bond motifs is 1. The first-order valence-corrected chi connectivity index (χ1v) is 8.81. The number of hydrogen-bond donors (Lipinski definition) is 2. The molecule has 0 radical (unpaired) electrons. The van der Waals surface area contributed by atoms with Crippen molar-refractivity contribution in [2.75, 3.05) is 40.3 Å². The summed E-state index contributed by atoms with van der Waals surface area (Å²) < 4.78 is 5.92. The van der Waals surface area contributed by atoms with E-state index in [-0.39, 0.29) is 17.7 Å². The quantitative estimate of drug-likeness (QED) is 0.776. The number of piperidine rings is 1. The van der Waals surface area contributed by atoms with Gasteiger partial charge in [-0.05, 0) is 52.0 Å². The lowest BCUT2D eigenvalue weighted by Gasteiger charge is -2.32. The van der Waals surface area contributed by atoms with Crippen molar-refractivity contribution in [2.45, 2.75) is 25.4 Å². The highest BCUT2D eigenvalue weighted by Crippen LogP contribution is 2.20. The smallest absolute Gasteiger partial charge is 0.323 e. The van der Waals surface area contributed by atoms with Gasteiger partial charge in [0, 0.05) is 19.7 Å². The Balaban J connectivity index is 1.55. The predicted molar refractivity (Wildman–Crippen MR) is 97.0 cm³/mol. The second-order valence-electron chi connectivity index (χ2n) is 6.83. The van der Waals surface area contributed by atoms with E-state index in [1.54, 1.807) is 18.2 Å². The number of carbonyl (C=O) groups excluding carboxylic acids is 1. The molecular formula is C18H26N4O3. The number of nitrogens with one attached hydrogen (secondary N) is 2. The Labute approximate surface area is 147 Å². The van der Waals surface area contributed by atoms with E-state index in [1.807, 2.05) is 4.90 Å². The van der Waals surface area contributed by atoms with E-state index < -0.39 is 0 Å². The van der Waals surface area contributed by atoms with Crippen molar-refractivity contribution < 1.29 is 9.53 Å². The molecule has 25 heavy (non-hydrogen) atoms. The number of imidazole rings is 1. The van der Waals surface area contributed by atoms with Gasteiger partial charge in [-0.15, -0.1) is 0 Å². The van der Waals surface area contributed by atoms with Crippen LogP contribution in [0.5, 0.6) is 0 Å². The fraction of sp³-hybridized carbons (Fsp3) is 0.556. The first kappa shape index (κ1) is 17.7. The molecule has 7 heteroatoms. The van der Waals surface area contributed by atoms with E-state index in [9.17, 15) is 9.59 Å². The van der Waals surface area contributed by atoms with Crippen LogP contribution in [0.3, 0.4) is 0 Å². The molecule has 1 amide bonds. The van der Waals surface area contributed by atoms with E-state index in [4.69, 9.17) is 4.74 Å². The van der Waals surface area contributed by atoms with Crippen molar-refractivity contribution in [3.63, 3.8) is 0 Å². The molecule has 2 aromatic rings. The Bertz CT molecular complexity index is 772. The van der Waals surface area contributed by atoms with Crippen LogP contribution in [0.1, 0.15) is 29.6 Å². The van der Waals surface area contributed by atoms with Crippen LogP contribution in [-0.2, 0) is 4.74 Å². The first-order valence-electron chi connectivity index (χ1n) is 8.81. The van der Waals surface area contributed by atoms with Crippen molar-refractivity contribution in [3.8, 4) is 0 Å². The Hall–Kier alpha value is -2.12. The molecule has 0 spiro atoms. The molecular weight excluding hydrogens is 320 g/mol. The van der Waals surface area contributed by atoms with Crippen LogP contribution in [0, 0.1) is 0 Å². The minimum absolute atomic E-state index is 0.0353. The highest BCUT2D eigenvalue weighted by atomic mass is 16.5. The lowest BCUT2D eigenvalue weighted by Crippen LogP contribution is -2.41. The highest BCUT2D eigenvalue weighted by Gasteiger charge is 2.25. The number of H-pyrrole nitrogens is 2. The van der Waals surface area contributed by atoms with E-state index in [2.05, 4.69) is 29.0 Å². The van der Waals surface area contributed by atoms with Crippen molar-refractivity contribution in [2.24, 2.45) is 0 Å². The minimum atomic E-state index is -0.292. The Morgan fingerprint density at radius 1 is 1.28 bits per heavy atom. The number of para-hydroxylation sites is 1. The molecule has 1 aromatic carbocycles. The number of likely N-dealkylation sites (tertiary alicyclic amines) is 1. The van der Waals surface area contributed by atoms with Gasteiger partial charge in [0.15, 0.2) is 0 Å². The van der Waals surface area contributed by atoms with Crippen molar-refractivity contribution >= 4 is 16.9 Å². The topological polar surface area (TPSA) is 81.4 Å². The van der Waals surface area contributed by atoms with Gasteiger partial charge in [-0.3, -0.25) is 4.79 Å². The molecule has 1 aromatic heterocycles. The van der Waals surface area contributed by atoms with Gasteiger partial charge in [-0.1, -0.05) is 6.07 Å². The van der Waals surface area contributed by atoms with Crippen LogP contribution in [0.25, 0.3) is 11.0 Å². The maximum atomic E-state index is 12.8. The van der Waals surface area contributed by atoms with Gasteiger partial charge < -0.3 is 24.5 Å². The van der Waals surface area contributed by atoms with E-state index in [0.29, 0.717) is 29.7 Å². The predicted octanol–water partition coefficient (Wildman–Crippen LogP) is 1.43. The second kappa shape index (κ2) is 7.84. The van der Waals surface area contributed by atoms with Gasteiger partial charge in [-0.2, -0.15) is 0 Å². The van der Waals surface area contributed by atoms with Gasteiger partial charge in [0.25, 0.3) is 5.91 Å². The standard InChI is InChI=1S/C18H26N4O3/c1-21(2)9-4-12-25-13-7-10-22(11-8-13)17(23)14-5-3-6-15-16(14)20-18(24)19-15/h3,5-6,13H,4,7-12H2,1-2H3,(H2,19,20,24). The third-order valence-corrected chi connectivity index (χ3v) is 4.61. The summed E-state index contributed by atoms with van der Waals surface area (Å²) in [4.78, 5) is 33.7.